The topological polar surface area (TPSA) is 110 Å². The number of hydrogen-bond acceptors (Lipinski definition) is 6. The zero-order valence-corrected chi connectivity index (χ0v) is 18.8. The highest BCUT2D eigenvalue weighted by atomic mass is 32.2. The lowest BCUT2D eigenvalue weighted by molar-refractivity contribution is 0.309. The van der Waals surface area contributed by atoms with Gasteiger partial charge in [0.2, 0.25) is 10.0 Å². The number of sulfonamides is 1. The van der Waals surface area contributed by atoms with Crippen LogP contribution in [0, 0.1) is 6.92 Å². The fourth-order valence-corrected chi connectivity index (χ4v) is 5.64. The maximum atomic E-state index is 13.2. The van der Waals surface area contributed by atoms with Gasteiger partial charge in [0, 0.05) is 25.6 Å². The molecule has 2 aromatic heterocycles. The fraction of sp³-hybridized carbons (Fsp3) is 0.476. The molecule has 1 unspecified atom stereocenters. The summed E-state index contributed by atoms with van der Waals surface area (Å²) in [6.45, 7) is 5.21. The molecule has 3 aromatic rings. The third-order valence-corrected chi connectivity index (χ3v) is 7.58. The molecule has 3 heterocycles. The van der Waals surface area contributed by atoms with E-state index in [9.17, 15) is 13.2 Å². The monoisotopic (exact) mass is 445 g/mol. The molecule has 1 atom stereocenters. The number of methoxy groups -OCH3 is 1. The quantitative estimate of drug-likeness (QED) is 0.624. The average molecular weight is 446 g/mol. The zero-order valence-electron chi connectivity index (χ0n) is 18.0. The summed E-state index contributed by atoms with van der Waals surface area (Å²) in [4.78, 5) is 20.6. The normalized spacial score (nSPS) is 17.8. The number of aryl methyl sites for hydroxylation is 2. The van der Waals surface area contributed by atoms with Crippen LogP contribution in [-0.4, -0.2) is 52.7 Å². The summed E-state index contributed by atoms with van der Waals surface area (Å²) in [5.41, 5.74) is 0.985. The number of aromatic nitrogens is 4. The van der Waals surface area contributed by atoms with Crippen molar-refractivity contribution in [3.8, 4) is 5.75 Å². The van der Waals surface area contributed by atoms with Crippen molar-refractivity contribution >= 4 is 21.1 Å². The van der Waals surface area contributed by atoms with Crippen molar-refractivity contribution in [3.05, 3.63) is 46.1 Å². The minimum atomic E-state index is -3.65. The van der Waals surface area contributed by atoms with Crippen molar-refractivity contribution in [1.29, 1.82) is 0 Å². The van der Waals surface area contributed by atoms with Gasteiger partial charge in [0.25, 0.3) is 5.56 Å². The van der Waals surface area contributed by atoms with Gasteiger partial charge in [-0.3, -0.25) is 4.79 Å². The van der Waals surface area contributed by atoms with E-state index in [2.05, 4.69) is 10.1 Å². The van der Waals surface area contributed by atoms with Gasteiger partial charge in [0.05, 0.1) is 17.7 Å². The Morgan fingerprint density at radius 1 is 1.26 bits per heavy atom. The Bertz CT molecular complexity index is 1250. The number of ether oxygens (including phenoxy) is 1. The minimum Gasteiger partial charge on any atom is -0.497 e. The Hall–Kier alpha value is -2.72. The lowest BCUT2D eigenvalue weighted by Crippen LogP contribution is -2.39. The van der Waals surface area contributed by atoms with Crippen LogP contribution in [0.25, 0.3) is 11.0 Å². The molecule has 0 saturated carbocycles. The average Bonchev–Trinajstić information content (AvgIpc) is 3.10. The van der Waals surface area contributed by atoms with Gasteiger partial charge in [0.1, 0.15) is 17.0 Å². The van der Waals surface area contributed by atoms with Gasteiger partial charge in [-0.05, 0) is 50.5 Å². The molecule has 0 aliphatic carbocycles. The Labute approximate surface area is 181 Å². The summed E-state index contributed by atoms with van der Waals surface area (Å²) in [6, 6.07) is 6.38. The first-order valence-corrected chi connectivity index (χ1v) is 11.9. The van der Waals surface area contributed by atoms with Gasteiger partial charge in [-0.25, -0.2) is 18.1 Å². The number of rotatable bonds is 6. The number of benzene rings is 1. The molecule has 1 saturated heterocycles. The van der Waals surface area contributed by atoms with Crippen molar-refractivity contribution < 1.29 is 13.2 Å². The number of nitrogens with one attached hydrogen (secondary N) is 1. The number of aromatic amines is 1. The summed E-state index contributed by atoms with van der Waals surface area (Å²) < 4.78 is 34.7. The number of H-pyrrole nitrogens is 1. The number of nitrogens with zero attached hydrogens (tertiary/aromatic N) is 4. The highest BCUT2D eigenvalue weighted by molar-refractivity contribution is 7.89. The molecule has 9 nitrogen and oxygen atoms in total. The SMILES string of the molecule is CCCn1nc(C)c2c(=O)[nH]c(C3CCCN(S(=O)(=O)c4ccc(OC)cc4)C3)nc21. The Balaban J connectivity index is 1.66. The molecule has 166 valence electrons. The van der Waals surface area contributed by atoms with Gasteiger partial charge >= 0.3 is 0 Å². The standard InChI is InChI=1S/C21H27N5O4S/c1-4-11-26-20-18(14(2)24-26)21(27)23-19(22-20)15-6-5-12-25(13-15)31(28,29)17-9-7-16(30-3)8-10-17/h7-10,15H,4-6,11-13H2,1-3H3,(H,22,23,27). The van der Waals surface area contributed by atoms with Crippen LogP contribution in [0.4, 0.5) is 0 Å². The molecular weight excluding hydrogens is 418 g/mol. The lowest BCUT2D eigenvalue weighted by Gasteiger charge is -2.31. The molecular formula is C21H27N5O4S. The van der Waals surface area contributed by atoms with Crippen molar-refractivity contribution in [2.75, 3.05) is 20.2 Å². The number of piperidine rings is 1. The predicted octanol–water partition coefficient (Wildman–Crippen LogP) is 2.41. The van der Waals surface area contributed by atoms with E-state index < -0.39 is 10.0 Å². The second kappa shape index (κ2) is 8.43. The van der Waals surface area contributed by atoms with Crippen molar-refractivity contribution in [3.63, 3.8) is 0 Å². The largest absolute Gasteiger partial charge is 0.497 e. The molecule has 1 N–H and O–H groups in total. The summed E-state index contributed by atoms with van der Waals surface area (Å²) in [5.74, 6) is 0.929. The first-order chi connectivity index (χ1) is 14.8. The van der Waals surface area contributed by atoms with Crippen LogP contribution < -0.4 is 10.3 Å². The molecule has 31 heavy (non-hydrogen) atoms. The molecule has 10 heteroatoms. The van der Waals surface area contributed by atoms with Crippen LogP contribution in [0.5, 0.6) is 5.75 Å². The molecule has 0 spiro atoms. The summed E-state index contributed by atoms with van der Waals surface area (Å²) in [7, 11) is -2.11. The third kappa shape index (κ3) is 3.97. The van der Waals surface area contributed by atoms with Crippen molar-refractivity contribution in [2.24, 2.45) is 0 Å². The summed E-state index contributed by atoms with van der Waals surface area (Å²) in [5, 5.41) is 4.95. The molecule has 1 aliphatic rings. The second-order valence-corrected chi connectivity index (χ2v) is 9.77. The first kappa shape index (κ1) is 21.5. The van der Waals surface area contributed by atoms with Crippen LogP contribution in [-0.2, 0) is 16.6 Å². The smallest absolute Gasteiger partial charge is 0.262 e. The Morgan fingerprint density at radius 3 is 2.68 bits per heavy atom. The van der Waals surface area contributed by atoms with E-state index in [0.717, 1.165) is 12.8 Å². The lowest BCUT2D eigenvalue weighted by atomic mass is 9.99. The van der Waals surface area contributed by atoms with E-state index in [0.29, 0.717) is 47.8 Å². The van der Waals surface area contributed by atoms with Gasteiger partial charge in [-0.15, -0.1) is 0 Å². The molecule has 1 aliphatic heterocycles. The highest BCUT2D eigenvalue weighted by Gasteiger charge is 2.32. The minimum absolute atomic E-state index is 0.191. The fourth-order valence-electron chi connectivity index (χ4n) is 4.11. The van der Waals surface area contributed by atoms with E-state index in [1.54, 1.807) is 35.9 Å². The summed E-state index contributed by atoms with van der Waals surface area (Å²) >= 11 is 0. The number of fused-ring (bicyclic) bond motifs is 1. The van der Waals surface area contributed by atoms with Crippen molar-refractivity contribution in [2.45, 2.75) is 50.5 Å². The first-order valence-electron chi connectivity index (χ1n) is 10.5. The van der Waals surface area contributed by atoms with Crippen LogP contribution in [0.15, 0.2) is 34.0 Å². The second-order valence-electron chi connectivity index (χ2n) is 7.84. The van der Waals surface area contributed by atoms with Gasteiger partial charge in [-0.2, -0.15) is 9.40 Å². The van der Waals surface area contributed by atoms with E-state index in [1.165, 1.54) is 11.4 Å². The molecule has 0 bridgehead atoms. The zero-order chi connectivity index (χ0) is 22.2. The molecule has 0 radical (unpaired) electrons. The van der Waals surface area contributed by atoms with Crippen LogP contribution in [0.3, 0.4) is 0 Å². The summed E-state index contributed by atoms with van der Waals surface area (Å²) in [6.07, 6.45) is 2.32. The number of hydrogen-bond donors (Lipinski definition) is 1. The highest BCUT2D eigenvalue weighted by Crippen LogP contribution is 2.29. The third-order valence-electron chi connectivity index (χ3n) is 5.70. The van der Waals surface area contributed by atoms with E-state index in [-0.39, 0.29) is 22.9 Å². The van der Waals surface area contributed by atoms with Crippen molar-refractivity contribution in [1.82, 2.24) is 24.1 Å². The Morgan fingerprint density at radius 2 is 2.00 bits per heavy atom. The predicted molar refractivity (Wildman–Crippen MR) is 117 cm³/mol. The Kier molecular flexibility index (Phi) is 5.85. The molecule has 0 amide bonds. The van der Waals surface area contributed by atoms with Crippen LogP contribution in [0.2, 0.25) is 0 Å². The van der Waals surface area contributed by atoms with Gasteiger partial charge in [0.15, 0.2) is 5.65 Å². The van der Waals surface area contributed by atoms with Crippen LogP contribution in [0.1, 0.15) is 43.6 Å². The van der Waals surface area contributed by atoms with Gasteiger partial charge in [-0.1, -0.05) is 6.92 Å². The maximum absolute atomic E-state index is 13.2. The van der Waals surface area contributed by atoms with Crippen LogP contribution >= 0.6 is 0 Å². The van der Waals surface area contributed by atoms with Gasteiger partial charge < -0.3 is 9.72 Å². The van der Waals surface area contributed by atoms with E-state index in [4.69, 9.17) is 9.72 Å². The molecule has 1 fully saturated rings. The molecule has 4 rings (SSSR count). The van der Waals surface area contributed by atoms with E-state index in [1.807, 2.05) is 6.92 Å². The molecule has 1 aromatic carbocycles. The van der Waals surface area contributed by atoms with E-state index >= 15 is 0 Å². The maximum Gasteiger partial charge on any atom is 0.262 e.